The molecule has 1 amide bonds. The van der Waals surface area contributed by atoms with Crippen LogP contribution in [0.2, 0.25) is 0 Å². The van der Waals surface area contributed by atoms with Gasteiger partial charge in [-0.3, -0.25) is 15.1 Å². The fourth-order valence-corrected chi connectivity index (χ4v) is 1.39. The molecule has 0 aliphatic heterocycles. The first kappa shape index (κ1) is 15.2. The third-order valence-corrected chi connectivity index (χ3v) is 2.33. The first-order valence-corrected chi connectivity index (χ1v) is 5.13. The molecule has 0 heterocycles. The zero-order chi connectivity index (χ0) is 12.6. The second kappa shape index (κ2) is 8.37. The summed E-state index contributed by atoms with van der Waals surface area (Å²) in [5, 5.41) is 8.74. The Kier molecular flexibility index (Phi) is 7.96. The summed E-state index contributed by atoms with van der Waals surface area (Å²) in [4.78, 5) is 12.3. The maximum Gasteiger partial charge on any atom is 0.251 e. The summed E-state index contributed by atoms with van der Waals surface area (Å²) in [5.74, 6) is 4.57. The molecule has 0 saturated carbocycles. The van der Waals surface area contributed by atoms with Crippen LogP contribution in [0.4, 0.5) is 8.78 Å². The highest BCUT2D eigenvalue weighted by atomic mass is 19.3. The van der Waals surface area contributed by atoms with Crippen molar-refractivity contribution in [1.29, 1.82) is 0 Å². The van der Waals surface area contributed by atoms with E-state index in [0.717, 1.165) is 0 Å². The molecule has 96 valence electrons. The molecule has 0 fully saturated rings. The van der Waals surface area contributed by atoms with Crippen LogP contribution in [0.5, 0.6) is 0 Å². The van der Waals surface area contributed by atoms with Gasteiger partial charge < -0.3 is 5.11 Å². The number of rotatable bonds is 8. The highest BCUT2D eigenvalue weighted by Crippen LogP contribution is 2.09. The molecule has 5 nitrogen and oxygen atoms in total. The predicted molar refractivity (Wildman–Crippen MR) is 55.7 cm³/mol. The van der Waals surface area contributed by atoms with Gasteiger partial charge in [-0.2, -0.15) is 0 Å². The van der Waals surface area contributed by atoms with E-state index < -0.39 is 13.0 Å². The molecule has 7 heteroatoms. The number of amides is 1. The summed E-state index contributed by atoms with van der Waals surface area (Å²) in [6, 6.07) is -0.196. The van der Waals surface area contributed by atoms with E-state index in [0.29, 0.717) is 6.42 Å². The third-order valence-electron chi connectivity index (χ3n) is 2.33. The Morgan fingerprint density at radius 1 is 1.56 bits per heavy atom. The van der Waals surface area contributed by atoms with Gasteiger partial charge in [0, 0.05) is 19.0 Å². The van der Waals surface area contributed by atoms with E-state index >= 15 is 0 Å². The van der Waals surface area contributed by atoms with Crippen LogP contribution >= 0.6 is 0 Å². The predicted octanol–water partition coefficient (Wildman–Crippen LogP) is -0.296. The summed E-state index contributed by atoms with van der Waals surface area (Å²) in [6.07, 6.45) is -1.84. The smallest absolute Gasteiger partial charge is 0.251 e. The monoisotopic (exact) mass is 239 g/mol. The number of hydrogen-bond donors (Lipinski definition) is 3. The van der Waals surface area contributed by atoms with Gasteiger partial charge in [-0.1, -0.05) is 0 Å². The van der Waals surface area contributed by atoms with E-state index in [-0.39, 0.29) is 31.5 Å². The molecule has 0 bridgehead atoms. The number of halogens is 2. The number of nitrogens with zero attached hydrogens (tertiary/aromatic N) is 1. The SMILES string of the molecule is CC(CCC(=O)NN)N(CCO)CC(F)F. The van der Waals surface area contributed by atoms with E-state index in [2.05, 4.69) is 0 Å². The topological polar surface area (TPSA) is 78.6 Å². The summed E-state index contributed by atoms with van der Waals surface area (Å²) < 4.78 is 24.4. The molecule has 1 atom stereocenters. The Morgan fingerprint density at radius 3 is 2.62 bits per heavy atom. The minimum absolute atomic E-state index is 0.176. The molecule has 0 aromatic rings. The Hall–Kier alpha value is -0.790. The number of nitrogens with one attached hydrogen (secondary N) is 1. The van der Waals surface area contributed by atoms with E-state index in [1.54, 1.807) is 6.92 Å². The minimum Gasteiger partial charge on any atom is -0.395 e. The lowest BCUT2D eigenvalue weighted by molar-refractivity contribution is -0.121. The number of aliphatic hydroxyl groups is 1. The highest BCUT2D eigenvalue weighted by molar-refractivity contribution is 5.75. The third kappa shape index (κ3) is 6.65. The summed E-state index contributed by atoms with van der Waals surface area (Å²) in [5.41, 5.74) is 1.98. The zero-order valence-electron chi connectivity index (χ0n) is 9.33. The average Bonchev–Trinajstić information content (AvgIpc) is 2.24. The molecule has 0 aromatic heterocycles. The van der Waals surface area contributed by atoms with Crippen LogP contribution in [0, 0.1) is 0 Å². The Morgan fingerprint density at radius 2 is 2.19 bits per heavy atom. The van der Waals surface area contributed by atoms with Crippen molar-refractivity contribution in [3.05, 3.63) is 0 Å². The lowest BCUT2D eigenvalue weighted by Crippen LogP contribution is -2.40. The van der Waals surface area contributed by atoms with Crippen molar-refractivity contribution in [1.82, 2.24) is 10.3 Å². The molecular formula is C9H19F2N3O2. The standard InChI is InChI=1S/C9H19F2N3O2/c1-7(2-3-9(16)13-12)14(4-5-15)6-8(10)11/h7-8,15H,2-6,12H2,1H3,(H,13,16). The molecule has 0 rings (SSSR count). The highest BCUT2D eigenvalue weighted by Gasteiger charge is 2.18. The van der Waals surface area contributed by atoms with Crippen LogP contribution in [-0.4, -0.2) is 48.1 Å². The van der Waals surface area contributed by atoms with Crippen molar-refractivity contribution in [2.75, 3.05) is 19.7 Å². The lowest BCUT2D eigenvalue weighted by atomic mass is 10.1. The van der Waals surface area contributed by atoms with E-state index in [1.165, 1.54) is 4.90 Å². The second-order valence-corrected chi connectivity index (χ2v) is 3.56. The normalized spacial score (nSPS) is 13.2. The Bertz CT molecular complexity index is 205. The fourth-order valence-electron chi connectivity index (χ4n) is 1.39. The van der Waals surface area contributed by atoms with Crippen LogP contribution in [0.25, 0.3) is 0 Å². The van der Waals surface area contributed by atoms with Crippen LogP contribution < -0.4 is 11.3 Å². The van der Waals surface area contributed by atoms with Crippen LogP contribution in [-0.2, 0) is 4.79 Å². The minimum atomic E-state index is -2.45. The van der Waals surface area contributed by atoms with Gasteiger partial charge in [0.05, 0.1) is 13.2 Å². The molecule has 1 unspecified atom stereocenters. The van der Waals surface area contributed by atoms with Gasteiger partial charge in [-0.15, -0.1) is 0 Å². The lowest BCUT2D eigenvalue weighted by Gasteiger charge is -2.27. The first-order valence-electron chi connectivity index (χ1n) is 5.13. The Balaban J connectivity index is 4.04. The number of alkyl halides is 2. The number of nitrogens with two attached hydrogens (primary N) is 1. The van der Waals surface area contributed by atoms with Crippen LogP contribution in [0.15, 0.2) is 0 Å². The molecule has 4 N–H and O–H groups in total. The number of carbonyl (C=O) groups excluding carboxylic acids is 1. The van der Waals surface area contributed by atoms with Crippen molar-refractivity contribution >= 4 is 5.91 Å². The van der Waals surface area contributed by atoms with Gasteiger partial charge >= 0.3 is 0 Å². The van der Waals surface area contributed by atoms with Crippen molar-refractivity contribution in [3.8, 4) is 0 Å². The Labute approximate surface area is 93.6 Å². The number of carbonyl (C=O) groups is 1. The fraction of sp³-hybridized carbons (Fsp3) is 0.889. The molecule has 0 saturated heterocycles. The number of aliphatic hydroxyl groups excluding tert-OH is 1. The van der Waals surface area contributed by atoms with Gasteiger partial charge in [0.1, 0.15) is 0 Å². The maximum absolute atomic E-state index is 12.2. The van der Waals surface area contributed by atoms with E-state index in [1.807, 2.05) is 5.43 Å². The zero-order valence-corrected chi connectivity index (χ0v) is 9.33. The molecule has 0 aliphatic rings. The van der Waals surface area contributed by atoms with Gasteiger partial charge in [-0.25, -0.2) is 14.6 Å². The maximum atomic E-state index is 12.2. The van der Waals surface area contributed by atoms with Crippen LogP contribution in [0.3, 0.4) is 0 Å². The van der Waals surface area contributed by atoms with Gasteiger partial charge in [-0.05, 0) is 13.3 Å². The largest absolute Gasteiger partial charge is 0.395 e. The van der Waals surface area contributed by atoms with Crippen LogP contribution in [0.1, 0.15) is 19.8 Å². The summed E-state index contributed by atoms with van der Waals surface area (Å²) in [6.45, 7) is 1.34. The quantitative estimate of drug-likeness (QED) is 0.309. The average molecular weight is 239 g/mol. The van der Waals surface area contributed by atoms with E-state index in [4.69, 9.17) is 10.9 Å². The molecule has 0 spiro atoms. The van der Waals surface area contributed by atoms with Gasteiger partial charge in [0.15, 0.2) is 0 Å². The summed E-state index contributed by atoms with van der Waals surface area (Å²) >= 11 is 0. The van der Waals surface area contributed by atoms with Gasteiger partial charge in [0.2, 0.25) is 5.91 Å². The van der Waals surface area contributed by atoms with E-state index in [9.17, 15) is 13.6 Å². The molecule has 0 radical (unpaired) electrons. The van der Waals surface area contributed by atoms with Crippen molar-refractivity contribution in [2.45, 2.75) is 32.2 Å². The number of hydrogen-bond acceptors (Lipinski definition) is 4. The van der Waals surface area contributed by atoms with Crippen molar-refractivity contribution < 1.29 is 18.7 Å². The molecule has 0 aromatic carbocycles. The molecular weight excluding hydrogens is 220 g/mol. The number of hydrazine groups is 1. The molecule has 16 heavy (non-hydrogen) atoms. The first-order chi connectivity index (χ1) is 7.51. The van der Waals surface area contributed by atoms with Crippen molar-refractivity contribution in [3.63, 3.8) is 0 Å². The molecule has 0 aliphatic carbocycles. The second-order valence-electron chi connectivity index (χ2n) is 3.56. The summed E-state index contributed by atoms with van der Waals surface area (Å²) in [7, 11) is 0. The van der Waals surface area contributed by atoms with Crippen molar-refractivity contribution in [2.24, 2.45) is 5.84 Å². The van der Waals surface area contributed by atoms with Gasteiger partial charge in [0.25, 0.3) is 6.43 Å².